The quantitative estimate of drug-likeness (QED) is 0.442. The maximum atomic E-state index is 12.0. The van der Waals surface area contributed by atoms with Crippen LogP contribution in [0.15, 0.2) is 36.4 Å². The Hall–Kier alpha value is -2.89. The molecular weight excluding hydrogens is 284 g/mol. The molecule has 2 amide bonds. The number of para-hydroxylation sites is 1. The van der Waals surface area contributed by atoms with Gasteiger partial charge in [0.1, 0.15) is 0 Å². The van der Waals surface area contributed by atoms with Crippen molar-refractivity contribution in [1.29, 1.82) is 0 Å². The van der Waals surface area contributed by atoms with Crippen molar-refractivity contribution < 1.29 is 20.1 Å². The van der Waals surface area contributed by atoms with Gasteiger partial charge in [-0.15, -0.1) is 0 Å². The Kier molecular flexibility index (Phi) is 4.41. The molecule has 0 bridgehead atoms. The van der Waals surface area contributed by atoms with Crippen LogP contribution in [-0.4, -0.2) is 21.4 Å². The van der Waals surface area contributed by atoms with Crippen molar-refractivity contribution in [2.75, 3.05) is 10.6 Å². The highest BCUT2D eigenvalue weighted by atomic mass is 16.3. The first-order valence-corrected chi connectivity index (χ1v) is 6.80. The number of rotatable bonds is 3. The molecule has 0 aromatic heterocycles. The van der Waals surface area contributed by atoms with E-state index in [0.717, 1.165) is 17.7 Å². The van der Waals surface area contributed by atoms with Gasteiger partial charge in [0.2, 0.25) is 0 Å². The Bertz CT molecular complexity index is 675. The van der Waals surface area contributed by atoms with Gasteiger partial charge in [-0.3, -0.25) is 0 Å². The van der Waals surface area contributed by atoms with E-state index in [1.807, 2.05) is 32.0 Å². The van der Waals surface area contributed by atoms with Gasteiger partial charge in [0.05, 0.1) is 5.69 Å². The lowest BCUT2D eigenvalue weighted by Gasteiger charge is -2.14. The van der Waals surface area contributed by atoms with Crippen LogP contribution in [0.2, 0.25) is 0 Å². The number of anilines is 2. The Morgan fingerprint density at radius 3 is 2.18 bits per heavy atom. The lowest BCUT2D eigenvalue weighted by Crippen LogP contribution is -2.20. The van der Waals surface area contributed by atoms with Crippen molar-refractivity contribution in [3.8, 4) is 17.2 Å². The van der Waals surface area contributed by atoms with E-state index in [0.29, 0.717) is 5.69 Å². The number of phenolic OH excluding ortho intramolecular Hbond substituents is 3. The van der Waals surface area contributed by atoms with E-state index in [-0.39, 0.29) is 11.6 Å². The van der Waals surface area contributed by atoms with Crippen LogP contribution in [0.1, 0.15) is 25.3 Å². The van der Waals surface area contributed by atoms with Gasteiger partial charge in [-0.1, -0.05) is 32.0 Å². The molecule has 6 nitrogen and oxygen atoms in total. The van der Waals surface area contributed by atoms with Crippen molar-refractivity contribution in [2.45, 2.75) is 19.8 Å². The number of phenols is 3. The second-order valence-corrected chi connectivity index (χ2v) is 5.18. The molecule has 0 fully saturated rings. The zero-order chi connectivity index (χ0) is 16.3. The second kappa shape index (κ2) is 6.26. The normalized spacial score (nSPS) is 10.5. The summed E-state index contributed by atoms with van der Waals surface area (Å²) in [5, 5.41) is 33.3. The number of amides is 2. The fourth-order valence-corrected chi connectivity index (χ4v) is 2.08. The highest BCUT2D eigenvalue weighted by molar-refractivity contribution is 6.00. The maximum absolute atomic E-state index is 12.0. The molecule has 6 heteroatoms. The van der Waals surface area contributed by atoms with Crippen molar-refractivity contribution in [1.82, 2.24) is 0 Å². The topological polar surface area (TPSA) is 102 Å². The van der Waals surface area contributed by atoms with E-state index in [1.165, 1.54) is 0 Å². The minimum absolute atomic E-state index is 0.160. The summed E-state index contributed by atoms with van der Waals surface area (Å²) in [5.74, 6) is -1.41. The summed E-state index contributed by atoms with van der Waals surface area (Å²) >= 11 is 0. The predicted octanol–water partition coefficient (Wildman–Crippen LogP) is 3.57. The molecule has 22 heavy (non-hydrogen) atoms. The third-order valence-electron chi connectivity index (χ3n) is 3.16. The molecule has 2 rings (SSSR count). The van der Waals surface area contributed by atoms with E-state index in [2.05, 4.69) is 10.6 Å². The second-order valence-electron chi connectivity index (χ2n) is 5.18. The zero-order valence-electron chi connectivity index (χ0n) is 12.3. The fraction of sp³-hybridized carbons (Fsp3) is 0.188. The van der Waals surface area contributed by atoms with Gasteiger partial charge in [0.25, 0.3) is 0 Å². The van der Waals surface area contributed by atoms with Crippen molar-refractivity contribution >= 4 is 17.4 Å². The number of benzene rings is 2. The van der Waals surface area contributed by atoms with Gasteiger partial charge in [-0.25, -0.2) is 4.79 Å². The maximum Gasteiger partial charge on any atom is 0.323 e. The lowest BCUT2D eigenvalue weighted by atomic mass is 10.0. The fourth-order valence-electron chi connectivity index (χ4n) is 2.08. The average Bonchev–Trinajstić information content (AvgIpc) is 2.44. The van der Waals surface area contributed by atoms with Gasteiger partial charge in [-0.2, -0.15) is 0 Å². The zero-order valence-corrected chi connectivity index (χ0v) is 12.3. The number of carbonyl (C=O) groups excluding carboxylic acids is 1. The molecule has 0 aliphatic rings. The first-order valence-electron chi connectivity index (χ1n) is 6.80. The number of urea groups is 1. The van der Waals surface area contributed by atoms with E-state index in [1.54, 1.807) is 6.07 Å². The summed E-state index contributed by atoms with van der Waals surface area (Å²) < 4.78 is 0. The SMILES string of the molecule is CC(C)c1ccccc1NC(=O)Nc1cc(O)c(O)c(O)c1. The largest absolute Gasteiger partial charge is 0.504 e. The van der Waals surface area contributed by atoms with E-state index >= 15 is 0 Å². The van der Waals surface area contributed by atoms with Gasteiger partial charge in [0.15, 0.2) is 17.2 Å². The van der Waals surface area contributed by atoms with Crippen LogP contribution >= 0.6 is 0 Å². The molecule has 0 heterocycles. The highest BCUT2D eigenvalue weighted by Crippen LogP contribution is 2.37. The third-order valence-corrected chi connectivity index (χ3v) is 3.16. The first kappa shape index (κ1) is 15.5. The minimum atomic E-state index is -0.629. The van der Waals surface area contributed by atoms with Gasteiger partial charge >= 0.3 is 6.03 Å². The molecule has 2 aromatic rings. The molecule has 0 radical (unpaired) electrons. The number of hydrogen-bond donors (Lipinski definition) is 5. The van der Waals surface area contributed by atoms with E-state index in [9.17, 15) is 20.1 Å². The van der Waals surface area contributed by atoms with Crippen LogP contribution < -0.4 is 10.6 Å². The lowest BCUT2D eigenvalue weighted by molar-refractivity contribution is 0.262. The van der Waals surface area contributed by atoms with Crippen LogP contribution in [0, 0.1) is 0 Å². The van der Waals surface area contributed by atoms with Crippen molar-refractivity contribution in [3.05, 3.63) is 42.0 Å². The van der Waals surface area contributed by atoms with Crippen LogP contribution in [0.3, 0.4) is 0 Å². The van der Waals surface area contributed by atoms with Crippen molar-refractivity contribution in [2.24, 2.45) is 0 Å². The van der Waals surface area contributed by atoms with Gasteiger partial charge < -0.3 is 26.0 Å². The summed E-state index contributed by atoms with van der Waals surface area (Å²) in [4.78, 5) is 12.0. The highest BCUT2D eigenvalue weighted by Gasteiger charge is 2.12. The number of aromatic hydroxyl groups is 3. The molecule has 5 N–H and O–H groups in total. The number of carbonyl (C=O) groups is 1. The van der Waals surface area contributed by atoms with Gasteiger partial charge in [-0.05, 0) is 17.5 Å². The van der Waals surface area contributed by atoms with Crippen LogP contribution in [0.4, 0.5) is 16.2 Å². The average molecular weight is 302 g/mol. The monoisotopic (exact) mass is 302 g/mol. The Balaban J connectivity index is 2.14. The molecule has 0 saturated heterocycles. The van der Waals surface area contributed by atoms with Crippen LogP contribution in [-0.2, 0) is 0 Å². The molecule has 0 saturated carbocycles. The van der Waals surface area contributed by atoms with Crippen LogP contribution in [0.25, 0.3) is 0 Å². The van der Waals surface area contributed by atoms with E-state index < -0.39 is 23.3 Å². The molecule has 0 aliphatic carbocycles. The summed E-state index contributed by atoms with van der Waals surface area (Å²) in [7, 11) is 0. The summed E-state index contributed by atoms with van der Waals surface area (Å²) in [6, 6.07) is 9.21. The molecule has 0 atom stereocenters. The number of hydrogen-bond acceptors (Lipinski definition) is 4. The minimum Gasteiger partial charge on any atom is -0.504 e. The first-order chi connectivity index (χ1) is 10.4. The Morgan fingerprint density at radius 2 is 1.59 bits per heavy atom. The van der Waals surface area contributed by atoms with Gasteiger partial charge in [0, 0.05) is 17.8 Å². The molecule has 2 aromatic carbocycles. The standard InChI is InChI=1S/C16H18N2O4/c1-9(2)11-5-3-4-6-12(11)18-16(22)17-10-7-13(19)15(21)14(20)8-10/h3-9,19-21H,1-2H3,(H2,17,18,22). The van der Waals surface area contributed by atoms with Crippen molar-refractivity contribution in [3.63, 3.8) is 0 Å². The Labute approximate surface area is 128 Å². The summed E-state index contributed by atoms with van der Waals surface area (Å²) in [6.07, 6.45) is 0. The molecular formula is C16H18N2O4. The molecule has 0 unspecified atom stereocenters. The molecule has 0 aliphatic heterocycles. The predicted molar refractivity (Wildman–Crippen MR) is 84.6 cm³/mol. The molecule has 116 valence electrons. The summed E-state index contributed by atoms with van der Waals surface area (Å²) in [6.45, 7) is 4.04. The van der Waals surface area contributed by atoms with Crippen LogP contribution in [0.5, 0.6) is 17.2 Å². The number of nitrogens with one attached hydrogen (secondary N) is 2. The molecule has 0 spiro atoms. The summed E-state index contributed by atoms with van der Waals surface area (Å²) in [5.41, 5.74) is 1.84. The Morgan fingerprint density at radius 1 is 1.00 bits per heavy atom. The van der Waals surface area contributed by atoms with E-state index in [4.69, 9.17) is 0 Å². The smallest absolute Gasteiger partial charge is 0.323 e. The third kappa shape index (κ3) is 3.41.